The van der Waals surface area contributed by atoms with Crippen molar-refractivity contribution < 1.29 is 0 Å². The molecule has 6 heteroatoms. The van der Waals surface area contributed by atoms with Crippen LogP contribution in [0.3, 0.4) is 0 Å². The van der Waals surface area contributed by atoms with Gasteiger partial charge in [-0.25, -0.2) is 16.5 Å². The van der Waals surface area contributed by atoms with Gasteiger partial charge in [0.15, 0.2) is 5.65 Å². The zero-order valence-electron chi connectivity index (χ0n) is 17.5. The Morgan fingerprint density at radius 2 is 1.72 bits per heavy atom. The zero-order chi connectivity index (χ0) is 20.7. The Hall–Kier alpha value is -2.39. The van der Waals surface area contributed by atoms with Crippen LogP contribution in [0.25, 0.3) is 21.6 Å². The summed E-state index contributed by atoms with van der Waals surface area (Å²) < 4.78 is 3.32. The van der Waals surface area contributed by atoms with Crippen molar-refractivity contribution in [3.63, 3.8) is 0 Å². The molecule has 3 aromatic rings. The summed E-state index contributed by atoms with van der Waals surface area (Å²) in [6.45, 7) is 18.1. The molecule has 0 unspecified atom stereocenters. The monoisotopic (exact) mass is 451 g/mol. The Labute approximate surface area is 180 Å². The second-order valence-corrected chi connectivity index (χ2v) is 9.05. The summed E-state index contributed by atoms with van der Waals surface area (Å²) in [7, 11) is 0. The van der Waals surface area contributed by atoms with Gasteiger partial charge < -0.3 is 14.3 Å². The summed E-state index contributed by atoms with van der Waals surface area (Å²) in [5.74, 6) is 2.35. The van der Waals surface area contributed by atoms with Gasteiger partial charge in [-0.05, 0) is 69.4 Å². The van der Waals surface area contributed by atoms with Crippen LogP contribution >= 0.6 is 15.9 Å². The van der Waals surface area contributed by atoms with Gasteiger partial charge in [0.2, 0.25) is 6.54 Å². The lowest BCUT2D eigenvalue weighted by Gasteiger charge is -2.31. The van der Waals surface area contributed by atoms with E-state index >= 15 is 0 Å². The topological polar surface area (TPSA) is 38.3 Å². The fourth-order valence-electron chi connectivity index (χ4n) is 4.53. The van der Waals surface area contributed by atoms with Gasteiger partial charge >= 0.3 is 0 Å². The number of piperidine rings is 1. The predicted molar refractivity (Wildman–Crippen MR) is 122 cm³/mol. The van der Waals surface area contributed by atoms with E-state index < -0.39 is 0 Å². The second-order valence-electron chi connectivity index (χ2n) is 8.13. The number of anilines is 1. The van der Waals surface area contributed by atoms with Crippen molar-refractivity contribution in [2.45, 2.75) is 40.5 Å². The highest BCUT2D eigenvalue weighted by atomic mass is 79.9. The number of fused-ring (bicyclic) bond motifs is 1. The third-order valence-electron chi connectivity index (χ3n) is 5.89. The predicted octanol–water partition coefficient (Wildman–Crippen LogP) is 5.55. The van der Waals surface area contributed by atoms with Crippen LogP contribution in [0.5, 0.6) is 0 Å². The molecule has 1 fully saturated rings. The van der Waals surface area contributed by atoms with Gasteiger partial charge in [0.1, 0.15) is 11.6 Å². The van der Waals surface area contributed by atoms with Crippen molar-refractivity contribution in [2.24, 2.45) is 5.92 Å². The van der Waals surface area contributed by atoms with Crippen LogP contribution in [0.2, 0.25) is 0 Å². The number of hydrogen-bond acceptors (Lipinski definition) is 3. The van der Waals surface area contributed by atoms with E-state index in [1.54, 1.807) is 0 Å². The number of benzene rings is 1. The van der Waals surface area contributed by atoms with Crippen molar-refractivity contribution in [3.8, 4) is 5.69 Å². The van der Waals surface area contributed by atoms with E-state index in [9.17, 15) is 0 Å². The van der Waals surface area contributed by atoms with E-state index in [1.165, 1.54) is 22.4 Å². The van der Waals surface area contributed by atoms with Gasteiger partial charge in [-0.15, -0.1) is 0 Å². The summed E-state index contributed by atoms with van der Waals surface area (Å²) in [5, 5.41) is 1.14. The number of aryl methyl sites for hydroxylation is 4. The first-order valence-electron chi connectivity index (χ1n) is 10.1. The number of aromatic nitrogens is 3. The molecule has 3 heterocycles. The Bertz CT molecular complexity index is 1090. The molecule has 4 rings (SSSR count). The summed E-state index contributed by atoms with van der Waals surface area (Å²) in [6.07, 6.45) is 4.30. The molecule has 0 aliphatic carbocycles. The average Bonchev–Trinajstić information content (AvgIpc) is 2.97. The molecule has 1 aliphatic heterocycles. The molecule has 0 bridgehead atoms. The van der Waals surface area contributed by atoms with E-state index in [2.05, 4.69) is 69.3 Å². The normalized spacial score (nSPS) is 15.1. The molecule has 1 saturated heterocycles. The van der Waals surface area contributed by atoms with Gasteiger partial charge in [0.25, 0.3) is 0 Å². The van der Waals surface area contributed by atoms with Crippen molar-refractivity contribution in [1.82, 2.24) is 14.5 Å². The van der Waals surface area contributed by atoms with E-state index in [0.29, 0.717) is 12.5 Å². The zero-order valence-corrected chi connectivity index (χ0v) is 19.0. The standard InChI is InChI=1S/C23H26BrN5/c1-14-10-19(24)11-15(2)21(14)29-13-16(3)20-22(26-17(4)27-23(20)29)28-8-6-18(7-9-28)12-25-5/h10-11,13,18H,6-9,12H2,1-4H3. The molecule has 0 radical (unpaired) electrons. The van der Waals surface area contributed by atoms with Crippen LogP contribution in [0.4, 0.5) is 5.82 Å². The highest BCUT2D eigenvalue weighted by Gasteiger charge is 2.26. The first kappa shape index (κ1) is 19.9. The van der Waals surface area contributed by atoms with Crippen molar-refractivity contribution in [3.05, 3.63) is 56.7 Å². The minimum Gasteiger partial charge on any atom is -0.356 e. The lowest BCUT2D eigenvalue weighted by atomic mass is 9.97. The van der Waals surface area contributed by atoms with E-state index in [0.717, 1.165) is 53.1 Å². The van der Waals surface area contributed by atoms with Crippen LogP contribution in [0.15, 0.2) is 22.8 Å². The minimum absolute atomic E-state index is 0.515. The lowest BCUT2D eigenvalue weighted by Crippen LogP contribution is -2.35. The molecule has 0 atom stereocenters. The molecule has 0 saturated carbocycles. The summed E-state index contributed by atoms with van der Waals surface area (Å²) in [4.78, 5) is 15.7. The third-order valence-corrected chi connectivity index (χ3v) is 6.35. The van der Waals surface area contributed by atoms with E-state index in [4.69, 9.17) is 16.5 Å². The third kappa shape index (κ3) is 3.64. The van der Waals surface area contributed by atoms with E-state index in [-0.39, 0.29) is 0 Å². The molecule has 0 spiro atoms. The molecular formula is C23H26BrN5. The van der Waals surface area contributed by atoms with E-state index in [1.807, 2.05) is 6.92 Å². The van der Waals surface area contributed by atoms with Gasteiger partial charge in [-0.1, -0.05) is 15.9 Å². The summed E-state index contributed by atoms with van der Waals surface area (Å²) in [5.41, 5.74) is 5.78. The van der Waals surface area contributed by atoms with Crippen molar-refractivity contribution in [1.29, 1.82) is 0 Å². The molecule has 1 aliphatic rings. The number of rotatable bonds is 3. The van der Waals surface area contributed by atoms with Crippen LogP contribution in [0.1, 0.15) is 35.4 Å². The Kier molecular flexibility index (Phi) is 5.35. The van der Waals surface area contributed by atoms with Gasteiger partial charge in [-0.3, -0.25) is 0 Å². The molecule has 150 valence electrons. The number of halogens is 1. The smallest absolute Gasteiger partial charge is 0.217 e. The van der Waals surface area contributed by atoms with Gasteiger partial charge in [0.05, 0.1) is 11.1 Å². The maximum Gasteiger partial charge on any atom is 0.217 e. The lowest BCUT2D eigenvalue weighted by molar-refractivity contribution is 0.429. The maximum atomic E-state index is 7.13. The molecule has 0 amide bonds. The quantitative estimate of drug-likeness (QED) is 0.489. The SMILES string of the molecule is [C-]#[N+]CC1CCN(c2nc(C)nc3c2c(C)cn3-c2c(C)cc(Br)cc2C)CC1. The fourth-order valence-corrected chi connectivity index (χ4v) is 5.22. The van der Waals surface area contributed by atoms with Crippen molar-refractivity contribution >= 4 is 32.8 Å². The molecule has 29 heavy (non-hydrogen) atoms. The van der Waals surface area contributed by atoms with Crippen LogP contribution < -0.4 is 4.90 Å². The molecule has 0 N–H and O–H groups in total. The largest absolute Gasteiger partial charge is 0.356 e. The van der Waals surface area contributed by atoms with Crippen LogP contribution in [-0.4, -0.2) is 34.2 Å². The number of nitrogens with zero attached hydrogens (tertiary/aromatic N) is 5. The van der Waals surface area contributed by atoms with Crippen LogP contribution in [0, 0.1) is 40.2 Å². The van der Waals surface area contributed by atoms with Gasteiger partial charge in [-0.2, -0.15) is 0 Å². The Morgan fingerprint density at radius 1 is 1.07 bits per heavy atom. The minimum atomic E-state index is 0.515. The highest BCUT2D eigenvalue weighted by Crippen LogP contribution is 2.35. The second kappa shape index (κ2) is 7.79. The fraction of sp³-hybridized carbons (Fsp3) is 0.435. The first-order valence-corrected chi connectivity index (χ1v) is 10.9. The first-order chi connectivity index (χ1) is 13.9. The van der Waals surface area contributed by atoms with Crippen molar-refractivity contribution in [2.75, 3.05) is 24.5 Å². The summed E-state index contributed by atoms with van der Waals surface area (Å²) >= 11 is 3.61. The summed E-state index contributed by atoms with van der Waals surface area (Å²) in [6, 6.07) is 4.31. The molecular weight excluding hydrogens is 426 g/mol. The van der Waals surface area contributed by atoms with Gasteiger partial charge in [0, 0.05) is 29.7 Å². The van der Waals surface area contributed by atoms with Crippen LogP contribution in [-0.2, 0) is 0 Å². The molecule has 2 aromatic heterocycles. The average molecular weight is 452 g/mol. The Balaban J connectivity index is 1.83. The maximum absolute atomic E-state index is 7.13. The number of hydrogen-bond donors (Lipinski definition) is 0. The molecule has 1 aromatic carbocycles. The highest BCUT2D eigenvalue weighted by molar-refractivity contribution is 9.10. The molecule has 5 nitrogen and oxygen atoms in total. The Morgan fingerprint density at radius 3 is 2.34 bits per heavy atom.